The highest BCUT2D eigenvalue weighted by Gasteiger charge is 2.59. The summed E-state index contributed by atoms with van der Waals surface area (Å²) in [7, 11) is 3.35. The smallest absolute Gasteiger partial charge is 0.193 e. The van der Waals surface area contributed by atoms with Gasteiger partial charge in [-0.05, 0) is 24.1 Å². The Labute approximate surface area is 196 Å². The van der Waals surface area contributed by atoms with Crippen molar-refractivity contribution < 1.29 is 13.9 Å². The van der Waals surface area contributed by atoms with Crippen LogP contribution in [-0.2, 0) is 11.3 Å². The number of benzene rings is 1. The van der Waals surface area contributed by atoms with Gasteiger partial charge in [0.1, 0.15) is 0 Å². The molecule has 1 saturated carbocycles. The van der Waals surface area contributed by atoms with Crippen LogP contribution in [0.25, 0.3) is 0 Å². The van der Waals surface area contributed by atoms with Crippen molar-refractivity contribution in [3.8, 4) is 5.75 Å². The van der Waals surface area contributed by atoms with Crippen molar-refractivity contribution >= 4 is 29.9 Å². The Balaban J connectivity index is 0.00000256. The molecular weight excluding hydrogens is 498 g/mol. The highest BCUT2D eigenvalue weighted by molar-refractivity contribution is 14.0. The van der Waals surface area contributed by atoms with Gasteiger partial charge in [0.2, 0.25) is 0 Å². The van der Waals surface area contributed by atoms with Gasteiger partial charge in [0.05, 0.1) is 13.2 Å². The van der Waals surface area contributed by atoms with E-state index >= 15 is 0 Å². The van der Waals surface area contributed by atoms with Crippen molar-refractivity contribution in [3.63, 3.8) is 0 Å². The van der Waals surface area contributed by atoms with Crippen LogP contribution in [0.1, 0.15) is 25.8 Å². The van der Waals surface area contributed by atoms with Gasteiger partial charge >= 0.3 is 0 Å². The standard InChI is InChI=1S/C22H33FN4O2.HI/c1-22(2)19(16-7-12-29-20(16)22)25-21(24-3)27-10-8-26(9-11-27)14-15-5-6-18(28-4)17(23)13-15;/h5-6,13,16,19-20H,7-12,14H2,1-4H3,(H,24,25);1H. The summed E-state index contributed by atoms with van der Waals surface area (Å²) in [4.78, 5) is 9.26. The Morgan fingerprint density at radius 3 is 2.67 bits per heavy atom. The number of halogens is 2. The Morgan fingerprint density at radius 2 is 2.03 bits per heavy atom. The van der Waals surface area contributed by atoms with Crippen LogP contribution in [0.5, 0.6) is 5.75 Å². The van der Waals surface area contributed by atoms with Crippen LogP contribution in [0.4, 0.5) is 4.39 Å². The predicted molar refractivity (Wildman–Crippen MR) is 127 cm³/mol. The number of fused-ring (bicyclic) bond motifs is 1. The van der Waals surface area contributed by atoms with Crippen molar-refractivity contribution in [2.24, 2.45) is 16.3 Å². The van der Waals surface area contributed by atoms with Crippen LogP contribution in [0.3, 0.4) is 0 Å². The topological polar surface area (TPSA) is 49.3 Å². The molecule has 1 aromatic carbocycles. The van der Waals surface area contributed by atoms with Crippen molar-refractivity contribution in [3.05, 3.63) is 29.6 Å². The van der Waals surface area contributed by atoms with Crippen LogP contribution >= 0.6 is 24.0 Å². The number of rotatable bonds is 4. The molecule has 6 nitrogen and oxygen atoms in total. The third-order valence-corrected chi connectivity index (χ3v) is 6.89. The van der Waals surface area contributed by atoms with E-state index < -0.39 is 0 Å². The van der Waals surface area contributed by atoms with E-state index in [0.29, 0.717) is 23.8 Å². The monoisotopic (exact) mass is 532 g/mol. The number of piperazine rings is 1. The van der Waals surface area contributed by atoms with Gasteiger partial charge in [-0.1, -0.05) is 19.9 Å². The lowest BCUT2D eigenvalue weighted by Gasteiger charge is -2.55. The second kappa shape index (κ2) is 9.56. The van der Waals surface area contributed by atoms with Crippen LogP contribution in [0, 0.1) is 17.2 Å². The fraction of sp³-hybridized carbons (Fsp3) is 0.682. The Bertz CT molecular complexity index is 768. The lowest BCUT2D eigenvalue weighted by atomic mass is 9.57. The Hall–Kier alpha value is -1.13. The van der Waals surface area contributed by atoms with Gasteiger partial charge in [0, 0.05) is 63.8 Å². The number of ether oxygens (including phenoxy) is 2. The van der Waals surface area contributed by atoms with Gasteiger partial charge in [-0.25, -0.2) is 4.39 Å². The van der Waals surface area contributed by atoms with E-state index in [2.05, 4.69) is 34.0 Å². The van der Waals surface area contributed by atoms with Gasteiger partial charge in [-0.2, -0.15) is 0 Å². The molecule has 0 radical (unpaired) electrons. The summed E-state index contributed by atoms with van der Waals surface area (Å²) < 4.78 is 24.9. The van der Waals surface area contributed by atoms with E-state index in [-0.39, 0.29) is 35.2 Å². The van der Waals surface area contributed by atoms with Crippen LogP contribution < -0.4 is 10.1 Å². The molecule has 0 amide bonds. The molecule has 168 valence electrons. The SMILES string of the molecule is CN=C(NC1C2CCOC2C1(C)C)N1CCN(Cc2ccc(OC)c(F)c2)CC1.I. The van der Waals surface area contributed by atoms with Crippen molar-refractivity contribution in [2.75, 3.05) is 46.9 Å². The van der Waals surface area contributed by atoms with E-state index in [1.54, 1.807) is 12.1 Å². The van der Waals surface area contributed by atoms with E-state index in [9.17, 15) is 4.39 Å². The maximum absolute atomic E-state index is 13.9. The van der Waals surface area contributed by atoms with Crippen molar-refractivity contribution in [2.45, 2.75) is 39.0 Å². The molecule has 4 rings (SSSR count). The number of guanidine groups is 1. The largest absolute Gasteiger partial charge is 0.494 e. The minimum absolute atomic E-state index is 0. The number of hydrogen-bond donors (Lipinski definition) is 1. The van der Waals surface area contributed by atoms with Crippen LogP contribution in [0.2, 0.25) is 0 Å². The van der Waals surface area contributed by atoms with Gasteiger partial charge < -0.3 is 19.7 Å². The molecule has 1 N–H and O–H groups in total. The fourth-order valence-electron chi connectivity index (χ4n) is 5.24. The molecule has 2 saturated heterocycles. The third-order valence-electron chi connectivity index (χ3n) is 6.89. The first-order valence-corrected chi connectivity index (χ1v) is 10.6. The Morgan fingerprint density at radius 1 is 1.30 bits per heavy atom. The van der Waals surface area contributed by atoms with Crippen LogP contribution in [-0.4, -0.2) is 74.8 Å². The average Bonchev–Trinajstić information content (AvgIpc) is 3.17. The summed E-state index contributed by atoms with van der Waals surface area (Å²) in [5, 5.41) is 3.73. The highest BCUT2D eigenvalue weighted by Crippen LogP contribution is 2.52. The average molecular weight is 532 g/mol. The van der Waals surface area contributed by atoms with E-state index in [1.807, 2.05) is 13.1 Å². The molecule has 0 spiro atoms. The molecular formula is C22H34FIN4O2. The second-order valence-electron chi connectivity index (χ2n) is 8.97. The van der Waals surface area contributed by atoms with E-state index in [1.165, 1.54) is 7.11 Å². The molecule has 2 heterocycles. The first kappa shape index (κ1) is 23.5. The minimum Gasteiger partial charge on any atom is -0.494 e. The summed E-state index contributed by atoms with van der Waals surface area (Å²) in [6, 6.07) is 5.62. The third kappa shape index (κ3) is 4.41. The van der Waals surface area contributed by atoms with Gasteiger partial charge in [-0.3, -0.25) is 9.89 Å². The van der Waals surface area contributed by atoms with Crippen molar-refractivity contribution in [1.82, 2.24) is 15.1 Å². The quantitative estimate of drug-likeness (QED) is 0.367. The highest BCUT2D eigenvalue weighted by atomic mass is 127. The number of hydrogen-bond acceptors (Lipinski definition) is 4. The number of methoxy groups -OCH3 is 1. The van der Waals surface area contributed by atoms with Gasteiger partial charge in [0.15, 0.2) is 17.5 Å². The van der Waals surface area contributed by atoms with E-state index in [0.717, 1.165) is 57.3 Å². The molecule has 2 aliphatic heterocycles. The summed E-state index contributed by atoms with van der Waals surface area (Å²) in [5.41, 5.74) is 1.11. The lowest BCUT2D eigenvalue weighted by Crippen LogP contribution is -2.68. The molecule has 1 aliphatic carbocycles. The fourth-order valence-corrected chi connectivity index (χ4v) is 5.24. The molecule has 1 aromatic rings. The Kier molecular flexibility index (Phi) is 7.50. The van der Waals surface area contributed by atoms with Gasteiger partial charge in [-0.15, -0.1) is 24.0 Å². The second-order valence-corrected chi connectivity index (χ2v) is 8.97. The maximum atomic E-state index is 13.9. The number of aliphatic imine (C=N–C) groups is 1. The molecule has 3 atom stereocenters. The zero-order valence-corrected chi connectivity index (χ0v) is 20.7. The molecule has 8 heteroatoms. The van der Waals surface area contributed by atoms with Crippen molar-refractivity contribution in [1.29, 1.82) is 0 Å². The van der Waals surface area contributed by atoms with Gasteiger partial charge in [0.25, 0.3) is 0 Å². The summed E-state index contributed by atoms with van der Waals surface area (Å²) >= 11 is 0. The first-order valence-electron chi connectivity index (χ1n) is 10.6. The lowest BCUT2D eigenvalue weighted by molar-refractivity contribution is -0.107. The zero-order chi connectivity index (χ0) is 20.6. The predicted octanol–water partition coefficient (Wildman–Crippen LogP) is 2.96. The zero-order valence-electron chi connectivity index (χ0n) is 18.4. The summed E-state index contributed by atoms with van der Waals surface area (Å²) in [5.74, 6) is 1.57. The van der Waals surface area contributed by atoms with Crippen LogP contribution in [0.15, 0.2) is 23.2 Å². The first-order chi connectivity index (χ1) is 13.9. The normalized spacial score (nSPS) is 28.4. The molecule has 0 aromatic heterocycles. The van der Waals surface area contributed by atoms with E-state index in [4.69, 9.17) is 9.47 Å². The molecule has 3 aliphatic rings. The summed E-state index contributed by atoms with van der Waals surface area (Å²) in [6.07, 6.45) is 1.51. The number of nitrogens with zero attached hydrogens (tertiary/aromatic N) is 3. The summed E-state index contributed by atoms with van der Waals surface area (Å²) in [6.45, 7) is 9.88. The molecule has 30 heavy (non-hydrogen) atoms. The molecule has 3 unspecified atom stereocenters. The number of nitrogens with one attached hydrogen (secondary N) is 1. The molecule has 0 bridgehead atoms. The minimum atomic E-state index is -0.300. The maximum Gasteiger partial charge on any atom is 0.193 e. The molecule has 3 fully saturated rings.